The number of amides is 5. The highest BCUT2D eigenvalue weighted by atomic mass is 32.1. The molecule has 5 atom stereocenters. The Morgan fingerprint density at radius 1 is 0.833 bits per heavy atom. The van der Waals surface area contributed by atoms with Gasteiger partial charge >= 0.3 is 0 Å². The van der Waals surface area contributed by atoms with Crippen molar-refractivity contribution in [2.24, 2.45) is 11.3 Å². The van der Waals surface area contributed by atoms with E-state index in [-0.39, 0.29) is 30.4 Å². The van der Waals surface area contributed by atoms with E-state index in [0.29, 0.717) is 72.2 Å². The molecule has 0 aliphatic carbocycles. The molecule has 5 amide bonds. The number of unbranched alkanes of at least 4 members (excludes halogenated alkanes) is 2. The second kappa shape index (κ2) is 25.2. The molecule has 1 unspecified atom stereocenters. The maximum absolute atomic E-state index is 13.9. The van der Waals surface area contributed by atoms with Crippen molar-refractivity contribution in [3.63, 3.8) is 0 Å². The molecule has 1 aliphatic rings. The van der Waals surface area contributed by atoms with Crippen molar-refractivity contribution in [3.8, 4) is 27.4 Å². The molecule has 0 radical (unpaired) electrons. The number of hydrogen-bond donors (Lipinski definition) is 9. The number of nitrogens with one attached hydrogen (secondary N) is 8. The number of fused-ring (bicyclic) bond motifs is 1. The molecule has 7 aromatic rings. The fourth-order valence-electron chi connectivity index (χ4n) is 9.35. The Hall–Kier alpha value is -8.33. The zero-order valence-electron chi connectivity index (χ0n) is 44.4. The lowest BCUT2D eigenvalue weighted by atomic mass is 9.79. The molecule has 3 aromatic heterocycles. The zero-order valence-corrected chi connectivity index (χ0v) is 45.2. The number of para-hydroxylation sites is 1. The van der Waals surface area contributed by atoms with Gasteiger partial charge in [-0.3, -0.25) is 34.1 Å². The second-order valence-electron chi connectivity index (χ2n) is 20.4. The van der Waals surface area contributed by atoms with Crippen molar-refractivity contribution >= 4 is 80.4 Å². The molecule has 0 saturated carbocycles. The lowest BCUT2D eigenvalue weighted by molar-refractivity contribution is -0.134. The molecule has 1 fully saturated rings. The molecule has 4 aromatic carbocycles. The molecule has 0 bridgehead atoms. The summed E-state index contributed by atoms with van der Waals surface area (Å²) in [6.07, 6.45) is 3.97. The fraction of sp³-hybridized carbons (Fsp3) is 0.328. The summed E-state index contributed by atoms with van der Waals surface area (Å²) in [6.45, 7) is 11.3. The van der Waals surface area contributed by atoms with Gasteiger partial charge in [0, 0.05) is 76.8 Å². The van der Waals surface area contributed by atoms with E-state index in [0.717, 1.165) is 38.3 Å². The lowest BCUT2D eigenvalue weighted by Gasteiger charge is -2.33. The molecule has 4 heterocycles. The van der Waals surface area contributed by atoms with Crippen LogP contribution >= 0.6 is 11.3 Å². The summed E-state index contributed by atoms with van der Waals surface area (Å²) in [6, 6.07) is 26.8. The Kier molecular flexibility index (Phi) is 18.1. The molecular formula is C58H65N11O8S. The summed E-state index contributed by atoms with van der Waals surface area (Å²) in [4.78, 5) is 96.0. The van der Waals surface area contributed by atoms with Crippen LogP contribution in [-0.2, 0) is 24.0 Å². The van der Waals surface area contributed by atoms with E-state index < -0.39 is 53.4 Å². The first-order chi connectivity index (χ1) is 37.4. The van der Waals surface area contributed by atoms with Crippen LogP contribution < -0.4 is 42.0 Å². The lowest BCUT2D eigenvalue weighted by Crippen LogP contribution is -2.57. The van der Waals surface area contributed by atoms with E-state index >= 15 is 0 Å². The van der Waals surface area contributed by atoms with Crippen LogP contribution in [0.25, 0.3) is 32.6 Å². The number of carbonyl (C=O) groups is 6. The number of aromatic amines is 1. The smallest absolute Gasteiger partial charge is 0.255 e. The van der Waals surface area contributed by atoms with Crippen molar-refractivity contribution in [1.29, 1.82) is 0 Å². The molecule has 78 heavy (non-hydrogen) atoms. The zero-order chi connectivity index (χ0) is 55.5. The topological polar surface area (TPSA) is 271 Å². The first-order valence-corrected chi connectivity index (χ1v) is 26.7. The summed E-state index contributed by atoms with van der Waals surface area (Å²) >= 11 is 1.51. The SMILES string of the molecule is CC(=O)N[C@H](C(=O)C1N[C@H](O)C[C@H]1C(=O)N[C@@H](C)c1ccc(-c2scnc2C)cc1OCCCCCNC(=O)CC(=O)Nc1ccc(C(=O)Nc2cccc(Nc3cc(-c4c[nH]c5ccccc45)ncn3)c2)cc1)C(C)(C)C. The maximum atomic E-state index is 13.9. The van der Waals surface area contributed by atoms with Crippen molar-refractivity contribution in [2.45, 2.75) is 98.0 Å². The summed E-state index contributed by atoms with van der Waals surface area (Å²) in [5.74, 6) is -2.20. The van der Waals surface area contributed by atoms with Crippen LogP contribution in [0.3, 0.4) is 0 Å². The maximum Gasteiger partial charge on any atom is 0.255 e. The number of ether oxygens (including phenoxy) is 1. The number of H-pyrrole nitrogens is 1. The quantitative estimate of drug-likeness (QED) is 0.0228. The average Bonchev–Trinajstić information content (AvgIpc) is 4.15. The van der Waals surface area contributed by atoms with Crippen LogP contribution in [0.5, 0.6) is 5.75 Å². The van der Waals surface area contributed by atoms with E-state index in [1.54, 1.807) is 41.9 Å². The minimum absolute atomic E-state index is 0.0184. The Morgan fingerprint density at radius 3 is 2.37 bits per heavy atom. The number of rotatable bonds is 22. The van der Waals surface area contributed by atoms with Crippen LogP contribution in [0.4, 0.5) is 22.9 Å². The summed E-state index contributed by atoms with van der Waals surface area (Å²) in [7, 11) is 0. The van der Waals surface area contributed by atoms with Gasteiger partial charge in [-0.05, 0) is 98.7 Å². The second-order valence-corrected chi connectivity index (χ2v) is 21.3. The minimum atomic E-state index is -1.08. The number of aliphatic hydroxyl groups is 1. The highest BCUT2D eigenvalue weighted by molar-refractivity contribution is 7.13. The van der Waals surface area contributed by atoms with E-state index in [2.05, 4.69) is 57.2 Å². The number of aromatic nitrogens is 4. The molecule has 0 spiro atoms. The highest BCUT2D eigenvalue weighted by Crippen LogP contribution is 2.36. The third-order valence-electron chi connectivity index (χ3n) is 13.3. The van der Waals surface area contributed by atoms with Crippen LogP contribution in [0, 0.1) is 18.3 Å². The number of carbonyl (C=O) groups excluding carboxylic acids is 6. The molecule has 1 saturated heterocycles. The number of thiazole rings is 1. The predicted octanol–water partition coefficient (Wildman–Crippen LogP) is 8.34. The van der Waals surface area contributed by atoms with Gasteiger partial charge < -0.3 is 46.7 Å². The summed E-state index contributed by atoms with van der Waals surface area (Å²) in [5, 5.41) is 32.0. The number of nitrogens with zero attached hydrogens (tertiary/aromatic N) is 3. The van der Waals surface area contributed by atoms with Gasteiger partial charge in [0.2, 0.25) is 23.6 Å². The van der Waals surface area contributed by atoms with Gasteiger partial charge in [0.25, 0.3) is 5.91 Å². The molecule has 1 aliphatic heterocycles. The number of anilines is 4. The van der Waals surface area contributed by atoms with E-state index in [1.807, 2.05) is 101 Å². The van der Waals surface area contributed by atoms with E-state index in [9.17, 15) is 33.9 Å². The van der Waals surface area contributed by atoms with Gasteiger partial charge in [-0.2, -0.15) is 0 Å². The molecular weight excluding hydrogens is 1010 g/mol. The number of Topliss-reactive ketones (excluding diaryl/α,β-unsaturated/α-hetero) is 1. The van der Waals surface area contributed by atoms with Crippen molar-refractivity contribution in [2.75, 3.05) is 29.1 Å². The standard InChI is InChI=1S/C58H65N11O8S/c1-33(64-57(76)43-27-50(72)69-52(43)53(74)55(58(4,5)6)65-35(3)70)41-22-19-37(54-34(2)63-32-78-54)25-47(41)77-24-11-7-10-23-59-49(71)29-51(73)67-38-20-17-36(18-21-38)56(75)68-40-14-12-13-39(26-40)66-48-28-46(61-31-62-48)44-30-60-45-16-9-8-15-42(44)45/h8-9,12-22,25-26,28,30-33,43,50,52,55,60,69,72H,7,10-11,23-24,27,29H2,1-6H3,(H,59,71)(H,64,76)(H,65,70)(H,67,73)(H,68,75)(H,61,62,66)/t33-,43+,50+,52?,55+/m0/s1. The number of benzene rings is 4. The Labute approximate surface area is 456 Å². The number of aryl methyl sites for hydroxylation is 1. The molecule has 19 nitrogen and oxygen atoms in total. The first kappa shape index (κ1) is 55.9. The first-order valence-electron chi connectivity index (χ1n) is 25.9. The molecule has 20 heteroatoms. The largest absolute Gasteiger partial charge is 0.493 e. The van der Waals surface area contributed by atoms with Crippen LogP contribution in [-0.4, -0.2) is 91.8 Å². The van der Waals surface area contributed by atoms with Crippen molar-refractivity contribution in [1.82, 2.24) is 41.2 Å². The normalized spacial score (nSPS) is 15.9. The number of aliphatic hydroxyl groups excluding tert-OH is 1. The third kappa shape index (κ3) is 14.4. The van der Waals surface area contributed by atoms with Crippen LogP contribution in [0.2, 0.25) is 0 Å². The predicted molar refractivity (Wildman–Crippen MR) is 301 cm³/mol. The van der Waals surface area contributed by atoms with Gasteiger partial charge in [-0.15, -0.1) is 11.3 Å². The molecule has 9 N–H and O–H groups in total. The van der Waals surface area contributed by atoms with Gasteiger partial charge in [-0.1, -0.05) is 57.2 Å². The fourth-order valence-corrected chi connectivity index (χ4v) is 10.2. The molecule has 406 valence electrons. The monoisotopic (exact) mass is 1080 g/mol. The van der Waals surface area contributed by atoms with Crippen molar-refractivity contribution < 1.29 is 38.6 Å². The molecule has 8 rings (SSSR count). The third-order valence-corrected chi connectivity index (χ3v) is 14.3. The van der Waals surface area contributed by atoms with Crippen LogP contribution in [0.1, 0.15) is 94.4 Å². The Morgan fingerprint density at radius 2 is 1.62 bits per heavy atom. The average molecular weight is 1080 g/mol. The van der Waals surface area contributed by atoms with Gasteiger partial charge in [0.15, 0.2) is 5.78 Å². The Balaban J connectivity index is 0.769. The number of ketones is 1. The summed E-state index contributed by atoms with van der Waals surface area (Å²) in [5.41, 5.74) is 8.41. The minimum Gasteiger partial charge on any atom is -0.493 e. The van der Waals surface area contributed by atoms with E-state index in [1.165, 1.54) is 24.6 Å². The number of hydrogen-bond acceptors (Lipinski definition) is 14. The van der Waals surface area contributed by atoms with E-state index in [4.69, 9.17) is 4.74 Å². The van der Waals surface area contributed by atoms with Crippen LogP contribution in [0.15, 0.2) is 115 Å². The van der Waals surface area contributed by atoms with Gasteiger partial charge in [-0.25, -0.2) is 15.0 Å². The summed E-state index contributed by atoms with van der Waals surface area (Å²) < 4.78 is 6.37. The van der Waals surface area contributed by atoms with Crippen molar-refractivity contribution in [3.05, 3.63) is 132 Å². The highest BCUT2D eigenvalue weighted by Gasteiger charge is 2.46. The Bertz CT molecular complexity index is 3300. The van der Waals surface area contributed by atoms with Gasteiger partial charge in [0.05, 0.1) is 52.4 Å². The van der Waals surface area contributed by atoms with Gasteiger partial charge in [0.1, 0.15) is 30.5 Å².